The number of hydrogen-bond donors (Lipinski definition) is 1. The Bertz CT molecular complexity index is 845. The van der Waals surface area contributed by atoms with Crippen molar-refractivity contribution in [3.05, 3.63) is 65.5 Å². The summed E-state index contributed by atoms with van der Waals surface area (Å²) in [5, 5.41) is 2.64. The van der Waals surface area contributed by atoms with Gasteiger partial charge >= 0.3 is 12.0 Å². The largest absolute Gasteiger partial charge is 0.440 e. The number of ether oxygens (including phenoxy) is 1. The van der Waals surface area contributed by atoms with Crippen LogP contribution in [0.1, 0.15) is 22.0 Å². The second kappa shape index (κ2) is 7.05. The number of halogens is 1. The van der Waals surface area contributed by atoms with Crippen LogP contribution < -0.4 is 10.2 Å². The SMILES string of the molecule is C#C[C@@H](OC(=O)c1cc(N2CCNC2=O)ccc1F)c1ccccc1. The van der Waals surface area contributed by atoms with Gasteiger partial charge in [0.15, 0.2) is 6.10 Å². The van der Waals surface area contributed by atoms with Gasteiger partial charge < -0.3 is 10.1 Å². The normalized spacial score (nSPS) is 14.6. The first-order valence-electron chi connectivity index (χ1n) is 7.67. The minimum Gasteiger partial charge on any atom is -0.440 e. The Hall–Kier alpha value is -3.33. The van der Waals surface area contributed by atoms with Gasteiger partial charge in [0.1, 0.15) is 5.82 Å². The number of benzene rings is 2. The van der Waals surface area contributed by atoms with Gasteiger partial charge in [-0.05, 0) is 18.2 Å². The second-order valence-corrected chi connectivity index (χ2v) is 5.41. The summed E-state index contributed by atoms with van der Waals surface area (Å²) in [6.45, 7) is 0.930. The molecule has 1 fully saturated rings. The molecule has 1 aliphatic rings. The molecule has 3 rings (SSSR count). The molecular formula is C19H15FN2O3. The number of rotatable bonds is 4. The second-order valence-electron chi connectivity index (χ2n) is 5.41. The first-order chi connectivity index (χ1) is 12.1. The Morgan fingerprint density at radius 1 is 1.28 bits per heavy atom. The summed E-state index contributed by atoms with van der Waals surface area (Å²) in [7, 11) is 0. The number of anilines is 1. The van der Waals surface area contributed by atoms with Crippen molar-refractivity contribution in [2.24, 2.45) is 0 Å². The van der Waals surface area contributed by atoms with Gasteiger partial charge in [-0.1, -0.05) is 36.3 Å². The summed E-state index contributed by atoms with van der Waals surface area (Å²) in [4.78, 5) is 25.5. The molecule has 0 saturated carbocycles. The molecule has 1 aliphatic heterocycles. The highest BCUT2D eigenvalue weighted by atomic mass is 19.1. The molecule has 5 nitrogen and oxygen atoms in total. The molecular weight excluding hydrogens is 323 g/mol. The molecule has 0 radical (unpaired) electrons. The van der Waals surface area contributed by atoms with Crippen LogP contribution in [0.2, 0.25) is 0 Å². The summed E-state index contributed by atoms with van der Waals surface area (Å²) in [5.74, 6) is 0.753. The van der Waals surface area contributed by atoms with Gasteiger partial charge in [-0.15, -0.1) is 6.42 Å². The maximum absolute atomic E-state index is 14.1. The fraction of sp³-hybridized carbons (Fsp3) is 0.158. The third-order valence-corrected chi connectivity index (χ3v) is 3.82. The molecule has 25 heavy (non-hydrogen) atoms. The summed E-state index contributed by atoms with van der Waals surface area (Å²) in [5.41, 5.74) is 0.766. The number of carbonyl (C=O) groups is 2. The number of urea groups is 1. The van der Waals surface area contributed by atoms with E-state index in [0.717, 1.165) is 6.07 Å². The van der Waals surface area contributed by atoms with Crippen molar-refractivity contribution in [1.29, 1.82) is 0 Å². The third-order valence-electron chi connectivity index (χ3n) is 3.82. The number of amides is 2. The van der Waals surface area contributed by atoms with Gasteiger partial charge in [-0.3, -0.25) is 4.90 Å². The summed E-state index contributed by atoms with van der Waals surface area (Å²) in [6, 6.07) is 12.3. The number of esters is 1. The van der Waals surface area contributed by atoms with Gasteiger partial charge in [0, 0.05) is 24.3 Å². The third kappa shape index (κ3) is 3.45. The predicted molar refractivity (Wildman–Crippen MR) is 90.6 cm³/mol. The Kier molecular flexibility index (Phi) is 4.66. The summed E-state index contributed by atoms with van der Waals surface area (Å²) in [6.07, 6.45) is 4.51. The van der Waals surface area contributed by atoms with Crippen molar-refractivity contribution in [1.82, 2.24) is 5.32 Å². The minimum absolute atomic E-state index is 0.270. The van der Waals surface area contributed by atoms with Crippen LogP contribution >= 0.6 is 0 Å². The molecule has 6 heteroatoms. The van der Waals surface area contributed by atoms with Crippen LogP contribution in [0.25, 0.3) is 0 Å². The van der Waals surface area contributed by atoms with Gasteiger partial charge in [-0.2, -0.15) is 0 Å². The molecule has 2 amide bonds. The van der Waals surface area contributed by atoms with Crippen LogP contribution in [0.5, 0.6) is 0 Å². The van der Waals surface area contributed by atoms with E-state index in [2.05, 4.69) is 11.2 Å². The fourth-order valence-corrected chi connectivity index (χ4v) is 2.55. The molecule has 0 unspecified atom stereocenters. The Morgan fingerprint density at radius 2 is 2.04 bits per heavy atom. The number of nitrogens with zero attached hydrogens (tertiary/aromatic N) is 1. The van der Waals surface area contributed by atoms with E-state index >= 15 is 0 Å². The van der Waals surface area contributed by atoms with Gasteiger partial charge in [0.05, 0.1) is 5.56 Å². The molecule has 1 heterocycles. The van der Waals surface area contributed by atoms with E-state index in [1.807, 2.05) is 6.07 Å². The zero-order valence-corrected chi connectivity index (χ0v) is 13.2. The van der Waals surface area contributed by atoms with E-state index in [1.54, 1.807) is 24.3 Å². The topological polar surface area (TPSA) is 58.6 Å². The highest BCUT2D eigenvalue weighted by molar-refractivity contribution is 5.96. The number of nitrogens with one attached hydrogen (secondary N) is 1. The lowest BCUT2D eigenvalue weighted by molar-refractivity contribution is 0.0402. The molecule has 0 aliphatic carbocycles. The quantitative estimate of drug-likeness (QED) is 0.689. The molecule has 1 saturated heterocycles. The van der Waals surface area contributed by atoms with Crippen molar-refractivity contribution in [3.63, 3.8) is 0 Å². The van der Waals surface area contributed by atoms with Gasteiger partial charge in [0.2, 0.25) is 0 Å². The van der Waals surface area contributed by atoms with Crippen molar-refractivity contribution in [2.75, 3.05) is 18.0 Å². The van der Waals surface area contributed by atoms with Crippen molar-refractivity contribution in [3.8, 4) is 12.3 Å². The van der Waals surface area contributed by atoms with Crippen molar-refractivity contribution < 1.29 is 18.7 Å². The lowest BCUT2D eigenvalue weighted by Gasteiger charge is -2.17. The molecule has 1 N–H and O–H groups in total. The Balaban J connectivity index is 1.84. The monoisotopic (exact) mass is 338 g/mol. The molecule has 126 valence electrons. The molecule has 1 atom stereocenters. The molecule has 0 aromatic heterocycles. The Morgan fingerprint density at radius 3 is 2.68 bits per heavy atom. The molecule has 0 spiro atoms. The summed E-state index contributed by atoms with van der Waals surface area (Å²) < 4.78 is 19.4. The summed E-state index contributed by atoms with van der Waals surface area (Å²) >= 11 is 0. The zero-order valence-electron chi connectivity index (χ0n) is 13.2. The predicted octanol–water partition coefficient (Wildman–Crippen LogP) is 2.89. The fourth-order valence-electron chi connectivity index (χ4n) is 2.55. The average molecular weight is 338 g/mol. The van der Waals surface area contributed by atoms with Gasteiger partial charge in [-0.25, -0.2) is 14.0 Å². The minimum atomic E-state index is -0.924. The van der Waals surface area contributed by atoms with E-state index in [-0.39, 0.29) is 11.6 Å². The molecule has 2 aromatic rings. The average Bonchev–Trinajstić information content (AvgIpc) is 3.06. The van der Waals surface area contributed by atoms with Crippen LogP contribution in [0.15, 0.2) is 48.5 Å². The maximum Gasteiger partial charge on any atom is 0.342 e. The first-order valence-corrected chi connectivity index (χ1v) is 7.67. The first kappa shape index (κ1) is 16.5. The van der Waals surface area contributed by atoms with Crippen molar-refractivity contribution in [2.45, 2.75) is 6.10 Å². The van der Waals surface area contributed by atoms with E-state index in [0.29, 0.717) is 24.3 Å². The number of terminal acetylenes is 1. The van der Waals surface area contributed by atoms with E-state index < -0.39 is 17.9 Å². The highest BCUT2D eigenvalue weighted by Gasteiger charge is 2.24. The van der Waals surface area contributed by atoms with Crippen LogP contribution in [0.3, 0.4) is 0 Å². The van der Waals surface area contributed by atoms with Crippen LogP contribution in [0.4, 0.5) is 14.9 Å². The lowest BCUT2D eigenvalue weighted by atomic mass is 10.1. The van der Waals surface area contributed by atoms with Crippen LogP contribution in [0, 0.1) is 18.2 Å². The maximum atomic E-state index is 14.1. The molecule has 2 aromatic carbocycles. The number of carbonyl (C=O) groups excluding carboxylic acids is 2. The van der Waals surface area contributed by atoms with Crippen LogP contribution in [-0.2, 0) is 4.74 Å². The van der Waals surface area contributed by atoms with Crippen LogP contribution in [-0.4, -0.2) is 25.1 Å². The lowest BCUT2D eigenvalue weighted by Crippen LogP contribution is -2.28. The van der Waals surface area contributed by atoms with Crippen molar-refractivity contribution >= 4 is 17.7 Å². The van der Waals surface area contributed by atoms with Gasteiger partial charge in [0.25, 0.3) is 0 Å². The van der Waals surface area contributed by atoms with E-state index in [1.165, 1.54) is 17.0 Å². The van der Waals surface area contributed by atoms with E-state index in [9.17, 15) is 14.0 Å². The highest BCUT2D eigenvalue weighted by Crippen LogP contribution is 2.24. The standard InChI is InChI=1S/C19H15FN2O3/c1-2-17(13-6-4-3-5-7-13)25-18(23)15-12-14(8-9-16(15)20)22-11-10-21-19(22)24/h1,3-9,12,17H,10-11H2,(H,21,24)/t17-/m1/s1. The molecule has 0 bridgehead atoms. The number of hydrogen-bond acceptors (Lipinski definition) is 3. The zero-order chi connectivity index (χ0) is 17.8. The Labute approximate surface area is 144 Å². The van der Waals surface area contributed by atoms with E-state index in [4.69, 9.17) is 11.2 Å². The smallest absolute Gasteiger partial charge is 0.342 e.